The van der Waals surface area contributed by atoms with Crippen molar-refractivity contribution in [1.82, 2.24) is 19.9 Å². The van der Waals surface area contributed by atoms with Gasteiger partial charge >= 0.3 is 0 Å². The molecular weight excluding hydrogens is 544 g/mol. The Morgan fingerprint density at radius 2 is 1.27 bits per heavy atom. The number of rotatable bonds is 4. The highest BCUT2D eigenvalue weighted by molar-refractivity contribution is 5.93. The Bertz CT molecular complexity index is 1940. The zero-order valence-electron chi connectivity index (χ0n) is 24.9. The maximum absolute atomic E-state index is 9.68. The minimum Gasteiger partial charge on any atom is -0.508 e. The number of phenols is 2. The third-order valence-electron chi connectivity index (χ3n) is 9.14. The summed E-state index contributed by atoms with van der Waals surface area (Å²) in [5, 5.41) is 21.7. The van der Waals surface area contributed by atoms with Crippen LogP contribution in [0.25, 0.3) is 49.9 Å². The molecule has 0 atom stereocenters. The van der Waals surface area contributed by atoms with Gasteiger partial charge in [0.25, 0.3) is 0 Å². The van der Waals surface area contributed by atoms with Crippen LogP contribution in [0.1, 0.15) is 74.8 Å². The number of phenolic OH excluding ortho intramolecular Hbond substituents is 2. The second-order valence-electron chi connectivity index (χ2n) is 12.1. The van der Waals surface area contributed by atoms with Gasteiger partial charge in [0, 0.05) is 52.3 Å². The molecule has 0 bridgehead atoms. The number of H-pyrrole nitrogens is 2. The van der Waals surface area contributed by atoms with Gasteiger partial charge in [-0.3, -0.25) is 0 Å². The van der Waals surface area contributed by atoms with Gasteiger partial charge in [0.15, 0.2) is 0 Å². The van der Waals surface area contributed by atoms with Gasteiger partial charge in [-0.05, 0) is 103 Å². The average molecular weight is 583 g/mol. The van der Waals surface area contributed by atoms with Crippen molar-refractivity contribution in [2.75, 3.05) is 0 Å². The highest BCUT2D eigenvalue weighted by atomic mass is 16.3. The van der Waals surface area contributed by atoms with Gasteiger partial charge in [0.1, 0.15) is 22.8 Å². The molecule has 222 valence electrons. The first-order valence-corrected chi connectivity index (χ1v) is 15.8. The van der Waals surface area contributed by atoms with Crippen molar-refractivity contribution in [2.45, 2.75) is 63.7 Å². The van der Waals surface area contributed by atoms with Crippen molar-refractivity contribution in [3.63, 3.8) is 0 Å². The van der Waals surface area contributed by atoms with Gasteiger partial charge in [-0.15, -0.1) is 0 Å². The van der Waals surface area contributed by atoms with Crippen molar-refractivity contribution >= 4 is 27.6 Å². The number of pyridine rings is 2. The van der Waals surface area contributed by atoms with E-state index in [9.17, 15) is 10.2 Å². The molecule has 4 N–H and O–H groups in total. The maximum Gasteiger partial charge on any atom is 0.137 e. The average Bonchev–Trinajstić information content (AvgIpc) is 3.70. The Labute approximate surface area is 257 Å². The van der Waals surface area contributed by atoms with Crippen LogP contribution in [0.5, 0.6) is 11.5 Å². The zero-order chi connectivity index (χ0) is 29.9. The van der Waals surface area contributed by atoms with Gasteiger partial charge in [0.05, 0.1) is 0 Å². The molecule has 2 aliphatic rings. The highest BCUT2D eigenvalue weighted by Crippen LogP contribution is 2.37. The fourth-order valence-corrected chi connectivity index (χ4v) is 6.81. The number of nitrogens with one attached hydrogen (secondary N) is 2. The van der Waals surface area contributed by atoms with Crippen LogP contribution in [-0.4, -0.2) is 30.1 Å². The smallest absolute Gasteiger partial charge is 0.137 e. The molecule has 6 aromatic rings. The zero-order valence-corrected chi connectivity index (χ0v) is 24.9. The summed E-state index contributed by atoms with van der Waals surface area (Å²) in [6, 6.07) is 19.0. The fourth-order valence-electron chi connectivity index (χ4n) is 6.81. The molecular formula is C38H38N4O2. The quantitative estimate of drug-likeness (QED) is 0.166. The normalized spacial score (nSPS) is 15.6. The van der Waals surface area contributed by atoms with Crippen molar-refractivity contribution in [2.24, 2.45) is 0 Å². The molecule has 4 aromatic heterocycles. The largest absolute Gasteiger partial charge is 0.508 e. The number of aromatic hydroxyl groups is 2. The lowest BCUT2D eigenvalue weighted by atomic mass is 9.84. The molecule has 0 aliphatic heterocycles. The van der Waals surface area contributed by atoms with E-state index >= 15 is 0 Å². The van der Waals surface area contributed by atoms with Gasteiger partial charge in [-0.25, -0.2) is 9.97 Å². The summed E-state index contributed by atoms with van der Waals surface area (Å²) in [6.45, 7) is 0. The molecule has 0 unspecified atom stereocenters. The van der Waals surface area contributed by atoms with E-state index < -0.39 is 0 Å². The first-order valence-electron chi connectivity index (χ1n) is 15.8. The molecule has 6 nitrogen and oxygen atoms in total. The molecule has 4 heterocycles. The van der Waals surface area contributed by atoms with E-state index in [-0.39, 0.29) is 5.75 Å². The molecule has 2 aromatic carbocycles. The Balaban J connectivity index is 0.000000142. The second kappa shape index (κ2) is 12.4. The fraction of sp³-hybridized carbons (Fsp3) is 0.263. The van der Waals surface area contributed by atoms with E-state index in [1.54, 1.807) is 24.3 Å². The summed E-state index contributed by atoms with van der Waals surface area (Å²) < 4.78 is 0. The van der Waals surface area contributed by atoms with Crippen molar-refractivity contribution in [3.05, 3.63) is 103 Å². The van der Waals surface area contributed by atoms with Crippen LogP contribution >= 0.6 is 0 Å². The van der Waals surface area contributed by atoms with Gasteiger partial charge in [0.2, 0.25) is 0 Å². The number of benzene rings is 2. The van der Waals surface area contributed by atoms with E-state index in [1.807, 2.05) is 36.7 Å². The lowest BCUT2D eigenvalue weighted by molar-refractivity contribution is 0.445. The standard InChI is InChI=1S/C19H20N2O.C19H18N2O/c2*22-16-8-4-7-14(9-16)15-10-17-18(12-21-19(17)20-11-15)13-5-2-1-3-6-13/h4,7-13,22H,1-3,5-6H2,(H,20,21);4-5,7-12,22H,1-3,6H2,(H,20,21). The third kappa shape index (κ3) is 5.85. The predicted molar refractivity (Wildman–Crippen MR) is 179 cm³/mol. The van der Waals surface area contributed by atoms with Crippen LogP contribution in [0.3, 0.4) is 0 Å². The predicted octanol–water partition coefficient (Wildman–Crippen LogP) is 9.88. The molecule has 0 amide bonds. The van der Waals surface area contributed by atoms with Gasteiger partial charge in [-0.1, -0.05) is 49.6 Å². The van der Waals surface area contributed by atoms with E-state index in [1.165, 1.54) is 73.5 Å². The molecule has 44 heavy (non-hydrogen) atoms. The third-order valence-corrected chi connectivity index (χ3v) is 9.14. The number of hydrogen-bond acceptors (Lipinski definition) is 4. The SMILES string of the molecule is Oc1cccc(-c2cnc3[nH]cc(C4=CCCCC4)c3c2)c1.Oc1cccc(-c2cnc3[nH]cc(C4CCCCC4)c3c2)c1. The summed E-state index contributed by atoms with van der Waals surface area (Å²) in [5.74, 6) is 1.23. The first-order chi connectivity index (χ1) is 21.6. The van der Waals surface area contributed by atoms with Gasteiger partial charge in [-0.2, -0.15) is 0 Å². The summed E-state index contributed by atoms with van der Waals surface area (Å²) in [4.78, 5) is 15.7. The summed E-state index contributed by atoms with van der Waals surface area (Å²) in [6.07, 6.45) is 21.7. The maximum atomic E-state index is 9.68. The minimum absolute atomic E-state index is 0.280. The van der Waals surface area contributed by atoms with Crippen LogP contribution < -0.4 is 0 Å². The molecule has 0 spiro atoms. The van der Waals surface area contributed by atoms with E-state index in [0.717, 1.165) is 45.4 Å². The lowest BCUT2D eigenvalue weighted by Gasteiger charge is -2.21. The Kier molecular flexibility index (Phi) is 7.89. The van der Waals surface area contributed by atoms with Crippen LogP contribution in [0.15, 0.2) is 91.5 Å². The number of hydrogen-bond donors (Lipinski definition) is 4. The molecule has 1 fully saturated rings. The summed E-state index contributed by atoms with van der Waals surface area (Å²) in [7, 11) is 0. The van der Waals surface area contributed by atoms with E-state index in [4.69, 9.17) is 0 Å². The van der Waals surface area contributed by atoms with Crippen LogP contribution in [-0.2, 0) is 0 Å². The van der Waals surface area contributed by atoms with Crippen LogP contribution in [0, 0.1) is 0 Å². The number of fused-ring (bicyclic) bond motifs is 2. The molecule has 2 aliphatic carbocycles. The van der Waals surface area contributed by atoms with Crippen LogP contribution in [0.4, 0.5) is 0 Å². The van der Waals surface area contributed by atoms with Gasteiger partial charge < -0.3 is 20.2 Å². The number of nitrogens with zero attached hydrogens (tertiary/aromatic N) is 2. The van der Waals surface area contributed by atoms with Crippen molar-refractivity contribution in [3.8, 4) is 33.8 Å². The minimum atomic E-state index is 0.280. The Morgan fingerprint density at radius 3 is 1.91 bits per heavy atom. The Morgan fingerprint density at radius 1 is 0.636 bits per heavy atom. The molecule has 0 saturated heterocycles. The Hall–Kier alpha value is -4.84. The lowest BCUT2D eigenvalue weighted by Crippen LogP contribution is -2.03. The topological polar surface area (TPSA) is 97.8 Å². The van der Waals surface area contributed by atoms with Crippen molar-refractivity contribution < 1.29 is 10.2 Å². The van der Waals surface area contributed by atoms with E-state index in [0.29, 0.717) is 11.7 Å². The highest BCUT2D eigenvalue weighted by Gasteiger charge is 2.19. The number of aromatic nitrogens is 4. The molecule has 6 heteroatoms. The molecule has 0 radical (unpaired) electrons. The monoisotopic (exact) mass is 582 g/mol. The summed E-state index contributed by atoms with van der Waals surface area (Å²) in [5.41, 5.74) is 10.1. The first kappa shape index (κ1) is 28.0. The number of aromatic amines is 2. The van der Waals surface area contributed by atoms with Crippen molar-refractivity contribution in [1.29, 1.82) is 0 Å². The summed E-state index contributed by atoms with van der Waals surface area (Å²) >= 11 is 0. The van der Waals surface area contributed by atoms with E-state index in [2.05, 4.69) is 50.5 Å². The second-order valence-corrected chi connectivity index (χ2v) is 12.1. The molecule has 8 rings (SSSR count). The number of allylic oxidation sites excluding steroid dienone is 2. The molecule has 1 saturated carbocycles. The van der Waals surface area contributed by atoms with Crippen LogP contribution in [0.2, 0.25) is 0 Å².